The van der Waals surface area contributed by atoms with E-state index in [1.165, 1.54) is 0 Å². The normalized spacial score (nSPS) is 12.5. The van der Waals surface area contributed by atoms with Gasteiger partial charge in [-0.25, -0.2) is 18.0 Å². The number of aryl methyl sites for hydroxylation is 1. The van der Waals surface area contributed by atoms with Crippen molar-refractivity contribution in [2.24, 2.45) is 5.73 Å². The van der Waals surface area contributed by atoms with Crippen LogP contribution in [0, 0.1) is 24.4 Å². The summed E-state index contributed by atoms with van der Waals surface area (Å²) >= 11 is 0. The maximum absolute atomic E-state index is 14.0. The molecule has 0 saturated heterocycles. The summed E-state index contributed by atoms with van der Waals surface area (Å²) in [4.78, 5) is 23.1. The topological polar surface area (TPSA) is 109 Å². The number of halogens is 6. The van der Waals surface area contributed by atoms with Gasteiger partial charge in [-0.05, 0) is 31.2 Å². The van der Waals surface area contributed by atoms with Gasteiger partial charge in [-0.2, -0.15) is 13.2 Å². The van der Waals surface area contributed by atoms with Crippen molar-refractivity contribution in [2.45, 2.75) is 19.1 Å². The van der Waals surface area contributed by atoms with E-state index < -0.39 is 53.0 Å². The zero-order valence-corrected chi connectivity index (χ0v) is 16.7. The standard InChI is InChI=1S/C20H16F6N4O3/c1-8-13-4-10(22)5-14(23)17(13)33-16(8)18(20(24,25)26)30-19(32)29-12-3-9(21)2-11(6-12)28-7-15(27)31/h2-6,18,28H,7H2,1H3,(H2,27,31)(H2,29,30,32)/t18-/m0/s1. The molecule has 7 nitrogen and oxygen atoms in total. The Morgan fingerprint density at radius 2 is 1.67 bits per heavy atom. The van der Waals surface area contributed by atoms with Crippen molar-refractivity contribution in [3.05, 3.63) is 59.1 Å². The highest BCUT2D eigenvalue weighted by Gasteiger charge is 2.45. The van der Waals surface area contributed by atoms with Crippen LogP contribution in [-0.2, 0) is 4.79 Å². The molecule has 5 N–H and O–H groups in total. The predicted molar refractivity (Wildman–Crippen MR) is 106 cm³/mol. The summed E-state index contributed by atoms with van der Waals surface area (Å²) in [5.41, 5.74) is 3.93. The van der Waals surface area contributed by atoms with Gasteiger partial charge in [0.1, 0.15) is 17.4 Å². The molecule has 1 atom stereocenters. The molecule has 3 aromatic rings. The Morgan fingerprint density at radius 3 is 2.30 bits per heavy atom. The summed E-state index contributed by atoms with van der Waals surface area (Å²) in [5.74, 6) is -4.69. The molecule has 3 amide bonds. The lowest BCUT2D eigenvalue weighted by molar-refractivity contribution is -0.158. The molecule has 0 radical (unpaired) electrons. The number of urea groups is 1. The number of anilines is 2. The number of hydrogen-bond donors (Lipinski definition) is 4. The van der Waals surface area contributed by atoms with Gasteiger partial charge >= 0.3 is 12.2 Å². The second kappa shape index (κ2) is 8.92. The van der Waals surface area contributed by atoms with Gasteiger partial charge in [0.25, 0.3) is 0 Å². The minimum atomic E-state index is -5.08. The van der Waals surface area contributed by atoms with Gasteiger partial charge in [0.15, 0.2) is 17.4 Å². The monoisotopic (exact) mass is 474 g/mol. The van der Waals surface area contributed by atoms with Gasteiger partial charge in [0, 0.05) is 28.4 Å². The second-order valence-corrected chi connectivity index (χ2v) is 6.98. The van der Waals surface area contributed by atoms with Gasteiger partial charge < -0.3 is 26.1 Å². The lowest BCUT2D eigenvalue weighted by atomic mass is 10.1. The Hall–Kier alpha value is -3.90. The fourth-order valence-electron chi connectivity index (χ4n) is 3.08. The highest BCUT2D eigenvalue weighted by Crippen LogP contribution is 2.39. The van der Waals surface area contributed by atoms with Gasteiger partial charge in [0.2, 0.25) is 5.91 Å². The molecule has 0 aliphatic heterocycles. The predicted octanol–water partition coefficient (Wildman–Crippen LogP) is 4.48. The Morgan fingerprint density at radius 1 is 1.03 bits per heavy atom. The maximum Gasteiger partial charge on any atom is 0.416 e. The van der Waals surface area contributed by atoms with Gasteiger partial charge in [0.05, 0.1) is 6.54 Å². The van der Waals surface area contributed by atoms with E-state index >= 15 is 0 Å². The van der Waals surface area contributed by atoms with Crippen LogP contribution in [0.15, 0.2) is 34.7 Å². The number of carbonyl (C=O) groups excluding carboxylic acids is 2. The first kappa shape index (κ1) is 23.8. The molecule has 1 aromatic heterocycles. The molecule has 0 aliphatic rings. The second-order valence-electron chi connectivity index (χ2n) is 6.98. The van der Waals surface area contributed by atoms with E-state index in [1.54, 1.807) is 5.32 Å². The highest BCUT2D eigenvalue weighted by molar-refractivity contribution is 5.90. The number of hydrogen-bond acceptors (Lipinski definition) is 4. The molecular weight excluding hydrogens is 458 g/mol. The van der Waals surface area contributed by atoms with Crippen LogP contribution in [0.1, 0.15) is 17.4 Å². The molecule has 0 aliphatic carbocycles. The molecule has 1 heterocycles. The van der Waals surface area contributed by atoms with Crippen LogP contribution in [0.4, 0.5) is 42.5 Å². The van der Waals surface area contributed by atoms with E-state index in [9.17, 15) is 35.9 Å². The Kier molecular flexibility index (Phi) is 6.42. The third-order valence-electron chi connectivity index (χ3n) is 4.48. The average Bonchev–Trinajstić information content (AvgIpc) is 3.00. The van der Waals surface area contributed by atoms with E-state index in [0.29, 0.717) is 6.07 Å². The lowest BCUT2D eigenvalue weighted by Crippen LogP contribution is -2.40. The summed E-state index contributed by atoms with van der Waals surface area (Å²) in [6.45, 7) is 0.801. The number of primary amides is 1. The average molecular weight is 474 g/mol. The first-order chi connectivity index (χ1) is 15.3. The molecule has 176 valence electrons. The van der Waals surface area contributed by atoms with E-state index in [4.69, 9.17) is 10.2 Å². The number of amides is 3. The van der Waals surface area contributed by atoms with Gasteiger partial charge in [-0.1, -0.05) is 0 Å². The molecule has 0 spiro atoms. The van der Waals surface area contributed by atoms with Gasteiger partial charge in [-0.15, -0.1) is 0 Å². The van der Waals surface area contributed by atoms with Crippen LogP contribution in [0.3, 0.4) is 0 Å². The molecule has 0 unspecified atom stereocenters. The summed E-state index contributed by atoms with van der Waals surface area (Å²) < 4.78 is 87.4. The zero-order chi connectivity index (χ0) is 24.5. The number of fused-ring (bicyclic) bond motifs is 1. The smallest absolute Gasteiger partial charge is 0.416 e. The van der Waals surface area contributed by atoms with Crippen molar-refractivity contribution in [1.29, 1.82) is 0 Å². The van der Waals surface area contributed by atoms with Crippen molar-refractivity contribution in [3.8, 4) is 0 Å². The number of carbonyl (C=O) groups is 2. The fraction of sp³-hybridized carbons (Fsp3) is 0.200. The lowest BCUT2D eigenvalue weighted by Gasteiger charge is -2.21. The molecular formula is C20H16F6N4O3. The Balaban J connectivity index is 1.87. The molecule has 2 aromatic carbocycles. The fourth-order valence-corrected chi connectivity index (χ4v) is 3.08. The minimum Gasteiger partial charge on any atom is -0.455 e. The number of furan rings is 1. The number of nitrogens with one attached hydrogen (secondary N) is 3. The quantitative estimate of drug-likeness (QED) is 0.395. The van der Waals surface area contributed by atoms with E-state index in [-0.39, 0.29) is 28.9 Å². The number of nitrogens with two attached hydrogens (primary N) is 1. The van der Waals surface area contributed by atoms with Crippen LogP contribution < -0.4 is 21.7 Å². The third-order valence-corrected chi connectivity index (χ3v) is 4.48. The van der Waals surface area contributed by atoms with Crippen LogP contribution >= 0.6 is 0 Å². The third kappa shape index (κ3) is 5.48. The van der Waals surface area contributed by atoms with Crippen molar-refractivity contribution in [3.63, 3.8) is 0 Å². The zero-order valence-electron chi connectivity index (χ0n) is 16.7. The van der Waals surface area contributed by atoms with Crippen molar-refractivity contribution in [1.82, 2.24) is 5.32 Å². The van der Waals surface area contributed by atoms with Crippen molar-refractivity contribution in [2.75, 3.05) is 17.2 Å². The summed E-state index contributed by atoms with van der Waals surface area (Å²) in [7, 11) is 0. The summed E-state index contributed by atoms with van der Waals surface area (Å²) in [6, 6.07) is 0.0770. The molecule has 0 bridgehead atoms. The number of rotatable bonds is 6. The van der Waals surface area contributed by atoms with Crippen molar-refractivity contribution < 1.29 is 40.3 Å². The molecule has 33 heavy (non-hydrogen) atoms. The van der Waals surface area contributed by atoms with Gasteiger partial charge in [-0.3, -0.25) is 4.79 Å². The molecule has 0 saturated carbocycles. The summed E-state index contributed by atoms with van der Waals surface area (Å²) in [6.07, 6.45) is -5.08. The van der Waals surface area contributed by atoms with E-state index in [2.05, 4.69) is 5.32 Å². The highest BCUT2D eigenvalue weighted by atomic mass is 19.4. The van der Waals surface area contributed by atoms with Crippen LogP contribution in [0.5, 0.6) is 0 Å². The molecule has 13 heteroatoms. The Bertz CT molecular complexity index is 1220. The first-order valence-corrected chi connectivity index (χ1v) is 9.20. The number of benzene rings is 2. The summed E-state index contributed by atoms with van der Waals surface area (Å²) in [5, 5.41) is 5.93. The van der Waals surface area contributed by atoms with E-state index in [0.717, 1.165) is 31.2 Å². The van der Waals surface area contributed by atoms with E-state index in [1.807, 2.05) is 5.32 Å². The minimum absolute atomic E-state index is 0.0297. The molecule has 3 rings (SSSR count). The maximum atomic E-state index is 14.0. The Labute approximate surface area is 181 Å². The molecule has 0 fully saturated rings. The number of alkyl halides is 3. The van der Waals surface area contributed by atoms with Crippen LogP contribution in [-0.4, -0.2) is 24.7 Å². The van der Waals surface area contributed by atoms with Crippen LogP contribution in [0.2, 0.25) is 0 Å². The first-order valence-electron chi connectivity index (χ1n) is 9.20. The van der Waals surface area contributed by atoms with Crippen molar-refractivity contribution >= 4 is 34.3 Å². The van der Waals surface area contributed by atoms with Crippen LogP contribution in [0.25, 0.3) is 11.0 Å². The largest absolute Gasteiger partial charge is 0.455 e. The SMILES string of the molecule is Cc1c([C@H](NC(=O)Nc2cc(F)cc(NCC(N)=O)c2)C(F)(F)F)oc2c(F)cc(F)cc12.